The Morgan fingerprint density at radius 1 is 1.30 bits per heavy atom. The molecule has 4 heteroatoms. The van der Waals surface area contributed by atoms with Crippen molar-refractivity contribution in [3.05, 3.63) is 51.8 Å². The Bertz CT molecular complexity index is 589. The van der Waals surface area contributed by atoms with Crippen LogP contribution in [-0.4, -0.2) is 23.4 Å². The van der Waals surface area contributed by atoms with Crippen LogP contribution in [0.4, 0.5) is 0 Å². The smallest absolute Gasteiger partial charge is 0.130 e. The Labute approximate surface area is 126 Å². The molecule has 1 aromatic heterocycles. The van der Waals surface area contributed by atoms with E-state index < -0.39 is 0 Å². The number of halogens is 1. The molecule has 0 aliphatic carbocycles. The van der Waals surface area contributed by atoms with E-state index in [2.05, 4.69) is 41.6 Å². The van der Waals surface area contributed by atoms with Crippen LogP contribution in [0, 0.1) is 13.8 Å². The van der Waals surface area contributed by atoms with Crippen LogP contribution in [0.1, 0.15) is 28.3 Å². The predicted molar refractivity (Wildman–Crippen MR) is 84.5 cm³/mol. The number of benzene rings is 1. The summed E-state index contributed by atoms with van der Waals surface area (Å²) in [5.74, 6) is 0.404. The van der Waals surface area contributed by atoms with E-state index in [0.717, 1.165) is 29.4 Å². The van der Waals surface area contributed by atoms with Crippen molar-refractivity contribution in [2.24, 2.45) is 7.05 Å². The molecule has 1 atom stereocenters. The van der Waals surface area contributed by atoms with E-state index in [-0.39, 0.29) is 0 Å². The number of nitrogens with zero attached hydrogens (tertiary/aromatic N) is 2. The van der Waals surface area contributed by atoms with Crippen molar-refractivity contribution in [3.63, 3.8) is 0 Å². The Morgan fingerprint density at radius 2 is 2.00 bits per heavy atom. The van der Waals surface area contributed by atoms with E-state index in [1.807, 2.05) is 21.0 Å². The molecule has 1 aromatic carbocycles. The van der Waals surface area contributed by atoms with Crippen LogP contribution in [0.5, 0.6) is 0 Å². The van der Waals surface area contributed by atoms with Gasteiger partial charge in [-0.25, -0.2) is 0 Å². The fourth-order valence-electron chi connectivity index (χ4n) is 2.74. The highest BCUT2D eigenvalue weighted by atomic mass is 35.5. The topological polar surface area (TPSA) is 29.9 Å². The molecule has 0 bridgehead atoms. The molecule has 0 fully saturated rings. The maximum absolute atomic E-state index is 6.37. The fraction of sp³-hybridized carbons (Fsp3) is 0.438. The number of hydrogen-bond acceptors (Lipinski definition) is 2. The van der Waals surface area contributed by atoms with Gasteiger partial charge in [0.1, 0.15) is 5.15 Å². The average Bonchev–Trinajstić information content (AvgIpc) is 2.65. The summed E-state index contributed by atoms with van der Waals surface area (Å²) in [6.45, 7) is 5.11. The number of aromatic nitrogens is 2. The number of nitrogens with one attached hydrogen (secondary N) is 1. The third-order valence-electron chi connectivity index (χ3n) is 3.80. The van der Waals surface area contributed by atoms with Crippen molar-refractivity contribution in [2.45, 2.75) is 26.2 Å². The van der Waals surface area contributed by atoms with Gasteiger partial charge in [0.05, 0.1) is 5.69 Å². The summed E-state index contributed by atoms with van der Waals surface area (Å²) in [4.78, 5) is 0. The highest BCUT2D eigenvalue weighted by molar-refractivity contribution is 6.30. The first-order chi connectivity index (χ1) is 9.54. The molecule has 0 amide bonds. The summed E-state index contributed by atoms with van der Waals surface area (Å²) >= 11 is 6.37. The van der Waals surface area contributed by atoms with Gasteiger partial charge in [0.25, 0.3) is 0 Å². The summed E-state index contributed by atoms with van der Waals surface area (Å²) < 4.78 is 1.75. The average molecular weight is 292 g/mol. The zero-order valence-corrected chi connectivity index (χ0v) is 13.3. The van der Waals surface area contributed by atoms with Crippen LogP contribution >= 0.6 is 11.6 Å². The molecule has 0 radical (unpaired) electrons. The van der Waals surface area contributed by atoms with Gasteiger partial charge in [-0.2, -0.15) is 5.10 Å². The second kappa shape index (κ2) is 6.42. The minimum atomic E-state index is 0.404. The summed E-state index contributed by atoms with van der Waals surface area (Å²) in [5.41, 5.74) is 4.87. The summed E-state index contributed by atoms with van der Waals surface area (Å²) in [6.07, 6.45) is 0.907. The summed E-state index contributed by atoms with van der Waals surface area (Å²) in [6, 6.07) is 8.55. The van der Waals surface area contributed by atoms with Gasteiger partial charge < -0.3 is 5.32 Å². The van der Waals surface area contributed by atoms with Crippen molar-refractivity contribution in [1.82, 2.24) is 15.1 Å². The van der Waals surface area contributed by atoms with E-state index in [0.29, 0.717) is 5.92 Å². The van der Waals surface area contributed by atoms with Crippen LogP contribution in [0.15, 0.2) is 24.3 Å². The van der Waals surface area contributed by atoms with Crippen LogP contribution < -0.4 is 5.32 Å². The molecule has 20 heavy (non-hydrogen) atoms. The van der Waals surface area contributed by atoms with Gasteiger partial charge in [-0.15, -0.1) is 0 Å². The molecular formula is C16H22ClN3. The quantitative estimate of drug-likeness (QED) is 0.916. The maximum atomic E-state index is 6.37. The van der Waals surface area contributed by atoms with E-state index in [1.165, 1.54) is 11.1 Å². The van der Waals surface area contributed by atoms with Crippen LogP contribution in [0.25, 0.3) is 0 Å². The van der Waals surface area contributed by atoms with E-state index >= 15 is 0 Å². The minimum absolute atomic E-state index is 0.404. The van der Waals surface area contributed by atoms with E-state index in [1.54, 1.807) is 4.68 Å². The van der Waals surface area contributed by atoms with Crippen LogP contribution in [-0.2, 0) is 13.5 Å². The summed E-state index contributed by atoms with van der Waals surface area (Å²) in [5, 5.41) is 8.44. The second-order valence-electron chi connectivity index (χ2n) is 5.29. The molecule has 1 N–H and O–H groups in total. The zero-order valence-electron chi connectivity index (χ0n) is 12.6. The van der Waals surface area contributed by atoms with Gasteiger partial charge in [0.15, 0.2) is 0 Å². The fourth-order valence-corrected chi connectivity index (χ4v) is 2.99. The first kappa shape index (κ1) is 15.1. The lowest BCUT2D eigenvalue weighted by Gasteiger charge is -2.19. The first-order valence-corrected chi connectivity index (χ1v) is 7.30. The molecule has 1 heterocycles. The molecule has 0 saturated heterocycles. The molecule has 0 saturated carbocycles. The van der Waals surface area contributed by atoms with Crippen molar-refractivity contribution < 1.29 is 0 Å². The zero-order chi connectivity index (χ0) is 14.7. The predicted octanol–water partition coefficient (Wildman–Crippen LogP) is 3.24. The first-order valence-electron chi connectivity index (χ1n) is 6.92. The highest BCUT2D eigenvalue weighted by Gasteiger charge is 2.19. The highest BCUT2D eigenvalue weighted by Crippen LogP contribution is 2.28. The number of likely N-dealkylation sites (N-methyl/N-ethyl adjacent to an activating group) is 1. The van der Waals surface area contributed by atoms with Gasteiger partial charge in [-0.05, 0) is 38.4 Å². The maximum Gasteiger partial charge on any atom is 0.130 e. The Balaban J connectivity index is 2.33. The van der Waals surface area contributed by atoms with Gasteiger partial charge in [-0.3, -0.25) is 4.68 Å². The molecule has 0 aliphatic rings. The van der Waals surface area contributed by atoms with Gasteiger partial charge in [-0.1, -0.05) is 35.9 Å². The van der Waals surface area contributed by atoms with Crippen molar-refractivity contribution in [3.8, 4) is 0 Å². The van der Waals surface area contributed by atoms with Crippen molar-refractivity contribution in [2.75, 3.05) is 13.6 Å². The second-order valence-corrected chi connectivity index (χ2v) is 5.65. The van der Waals surface area contributed by atoms with Gasteiger partial charge in [0, 0.05) is 25.1 Å². The van der Waals surface area contributed by atoms with Crippen molar-refractivity contribution in [1.29, 1.82) is 0 Å². The Morgan fingerprint density at radius 3 is 2.55 bits per heavy atom. The minimum Gasteiger partial charge on any atom is -0.319 e. The molecular weight excluding hydrogens is 270 g/mol. The molecule has 3 nitrogen and oxygen atoms in total. The van der Waals surface area contributed by atoms with Crippen molar-refractivity contribution >= 4 is 11.6 Å². The third-order valence-corrected chi connectivity index (χ3v) is 4.27. The molecule has 108 valence electrons. The lowest BCUT2D eigenvalue weighted by Crippen LogP contribution is -2.20. The monoisotopic (exact) mass is 291 g/mol. The molecule has 2 aromatic rings. The largest absolute Gasteiger partial charge is 0.319 e. The van der Waals surface area contributed by atoms with E-state index in [9.17, 15) is 0 Å². The van der Waals surface area contributed by atoms with Gasteiger partial charge in [0.2, 0.25) is 0 Å². The van der Waals surface area contributed by atoms with E-state index in [4.69, 9.17) is 11.6 Å². The third kappa shape index (κ3) is 3.05. The normalized spacial score (nSPS) is 12.7. The van der Waals surface area contributed by atoms with Crippen LogP contribution in [0.2, 0.25) is 5.15 Å². The Hall–Kier alpha value is -1.32. The SMILES string of the molecule is CNCC(Cc1c(C)nn(C)c1Cl)c1ccccc1C. The molecule has 1 unspecified atom stereocenters. The standard InChI is InChI=1S/C16H22ClN3/c1-11-7-5-6-8-14(11)13(10-18-3)9-15-12(2)19-20(4)16(15)17/h5-8,13,18H,9-10H2,1-4H3. The molecule has 2 rings (SSSR count). The summed E-state index contributed by atoms with van der Waals surface area (Å²) in [7, 11) is 3.88. The lowest BCUT2D eigenvalue weighted by atomic mass is 9.89. The number of aryl methyl sites for hydroxylation is 3. The number of hydrogen-bond donors (Lipinski definition) is 1. The molecule has 0 aliphatic heterocycles. The lowest BCUT2D eigenvalue weighted by molar-refractivity contribution is 0.621. The Kier molecular flexibility index (Phi) is 4.84. The van der Waals surface area contributed by atoms with Crippen LogP contribution in [0.3, 0.4) is 0 Å². The molecule has 0 spiro atoms. The van der Waals surface area contributed by atoms with Gasteiger partial charge >= 0.3 is 0 Å². The number of rotatable bonds is 5.